The Morgan fingerprint density at radius 1 is 0.951 bits per heavy atom. The summed E-state index contributed by atoms with van der Waals surface area (Å²) < 4.78 is 10.2. The molecule has 232 valence electrons. The second-order valence-electron chi connectivity index (χ2n) is 12.1. The first kappa shape index (κ1) is 35.9. The number of nitrogens with zero attached hydrogens (tertiary/aromatic N) is 1. The summed E-state index contributed by atoms with van der Waals surface area (Å²) in [6.07, 6.45) is 5.71. The van der Waals surface area contributed by atoms with Crippen LogP contribution in [0.3, 0.4) is 0 Å². The molecule has 0 bridgehead atoms. The molecular formula is C32H53N3O6. The molecule has 2 unspecified atom stereocenters. The highest BCUT2D eigenvalue weighted by atomic mass is 16.6. The molecule has 1 rings (SSSR count). The minimum absolute atomic E-state index is 0.0848. The Morgan fingerprint density at radius 3 is 2.07 bits per heavy atom. The van der Waals surface area contributed by atoms with Crippen molar-refractivity contribution in [3.63, 3.8) is 0 Å². The zero-order chi connectivity index (χ0) is 31.2. The third-order valence-electron chi connectivity index (χ3n) is 6.74. The van der Waals surface area contributed by atoms with E-state index in [-0.39, 0.29) is 18.4 Å². The molecule has 9 heteroatoms. The van der Waals surface area contributed by atoms with Gasteiger partial charge in [0.25, 0.3) is 0 Å². The molecule has 0 saturated heterocycles. The molecule has 2 N–H and O–H groups in total. The molecule has 0 aliphatic heterocycles. The third-order valence-corrected chi connectivity index (χ3v) is 6.74. The zero-order valence-electron chi connectivity index (χ0n) is 26.7. The predicted octanol–water partition coefficient (Wildman–Crippen LogP) is 5.76. The molecule has 1 aromatic rings. The van der Waals surface area contributed by atoms with Crippen LogP contribution in [0.4, 0.5) is 4.79 Å². The van der Waals surface area contributed by atoms with Crippen LogP contribution in [0.2, 0.25) is 0 Å². The van der Waals surface area contributed by atoms with E-state index in [1.807, 2.05) is 45.9 Å². The zero-order valence-corrected chi connectivity index (χ0v) is 26.7. The first-order chi connectivity index (χ1) is 19.2. The van der Waals surface area contributed by atoms with Gasteiger partial charge in [0.05, 0.1) is 7.11 Å². The van der Waals surface area contributed by atoms with Crippen molar-refractivity contribution in [2.24, 2.45) is 5.92 Å². The van der Waals surface area contributed by atoms with Crippen LogP contribution in [0.1, 0.15) is 109 Å². The number of carbonyl (C=O) groups excluding carboxylic acids is 4. The maximum Gasteiger partial charge on any atom is 0.408 e. The minimum atomic E-state index is -1.00. The fourth-order valence-corrected chi connectivity index (χ4v) is 4.79. The summed E-state index contributed by atoms with van der Waals surface area (Å²) >= 11 is 0. The van der Waals surface area contributed by atoms with Crippen molar-refractivity contribution in [2.45, 2.75) is 118 Å². The molecule has 0 saturated carbocycles. The topological polar surface area (TPSA) is 114 Å². The maximum absolute atomic E-state index is 14.4. The summed E-state index contributed by atoms with van der Waals surface area (Å²) in [7, 11) is 1.25. The average molecular weight is 576 g/mol. The van der Waals surface area contributed by atoms with Crippen LogP contribution in [-0.4, -0.2) is 60.6 Å². The first-order valence-corrected chi connectivity index (χ1v) is 14.9. The van der Waals surface area contributed by atoms with Crippen LogP contribution < -0.4 is 10.6 Å². The number of ether oxygens (including phenoxy) is 2. The molecule has 1 aromatic carbocycles. The first-order valence-electron chi connectivity index (χ1n) is 14.9. The van der Waals surface area contributed by atoms with E-state index < -0.39 is 35.7 Å². The number of benzene rings is 1. The molecule has 0 aromatic heterocycles. The second-order valence-corrected chi connectivity index (χ2v) is 12.1. The molecule has 0 radical (unpaired) electrons. The second kappa shape index (κ2) is 17.7. The van der Waals surface area contributed by atoms with Crippen LogP contribution in [0.5, 0.6) is 0 Å². The van der Waals surface area contributed by atoms with E-state index in [4.69, 9.17) is 9.47 Å². The molecule has 2 atom stereocenters. The van der Waals surface area contributed by atoms with Crippen molar-refractivity contribution in [1.82, 2.24) is 15.5 Å². The molecule has 0 aliphatic rings. The van der Waals surface area contributed by atoms with E-state index in [1.165, 1.54) is 7.11 Å². The Labute approximate surface area is 247 Å². The largest absolute Gasteiger partial charge is 0.468 e. The number of hydrogen-bond acceptors (Lipinski definition) is 6. The molecule has 0 spiro atoms. The lowest BCUT2D eigenvalue weighted by molar-refractivity contribution is -0.145. The Kier molecular flexibility index (Phi) is 15.5. The smallest absolute Gasteiger partial charge is 0.408 e. The van der Waals surface area contributed by atoms with Gasteiger partial charge < -0.3 is 25.0 Å². The van der Waals surface area contributed by atoms with Crippen LogP contribution in [-0.2, 0) is 23.9 Å². The molecular weight excluding hydrogens is 522 g/mol. The van der Waals surface area contributed by atoms with Gasteiger partial charge in [-0.05, 0) is 70.1 Å². The molecule has 0 aliphatic carbocycles. The number of rotatable bonds is 16. The average Bonchev–Trinajstić information content (AvgIpc) is 2.87. The van der Waals surface area contributed by atoms with Crippen molar-refractivity contribution in [3.8, 4) is 0 Å². The number of methoxy groups -OCH3 is 1. The number of nitrogens with one attached hydrogen (secondary N) is 2. The van der Waals surface area contributed by atoms with Gasteiger partial charge >= 0.3 is 12.1 Å². The van der Waals surface area contributed by atoms with Crippen molar-refractivity contribution < 1.29 is 28.7 Å². The number of hydrogen-bond donors (Lipinski definition) is 2. The van der Waals surface area contributed by atoms with Crippen molar-refractivity contribution >= 4 is 23.9 Å². The van der Waals surface area contributed by atoms with E-state index in [2.05, 4.69) is 17.6 Å². The van der Waals surface area contributed by atoms with E-state index in [0.29, 0.717) is 24.9 Å². The lowest BCUT2D eigenvalue weighted by Crippen LogP contribution is -2.54. The Balaban J connectivity index is 3.56. The standard InChI is InChI=1S/C32H53N3O6/c1-10-11-12-13-14-15-19-35(30(38)25(20-22(2)3)34-31(39)41-32(6,7)8)28(29(37)33-21-26(36)40-9)27-23(4)17-16-18-24(27)5/h16-18,22,25,28H,10-15,19-21H2,1-9H3,(H,33,37)(H,34,39). The summed E-state index contributed by atoms with van der Waals surface area (Å²) in [5, 5.41) is 5.45. The summed E-state index contributed by atoms with van der Waals surface area (Å²) in [5.41, 5.74) is 1.67. The van der Waals surface area contributed by atoms with Gasteiger partial charge in [-0.25, -0.2) is 4.79 Å². The maximum atomic E-state index is 14.4. The Morgan fingerprint density at radius 2 is 1.54 bits per heavy atom. The molecule has 41 heavy (non-hydrogen) atoms. The highest BCUT2D eigenvalue weighted by Gasteiger charge is 2.37. The lowest BCUT2D eigenvalue weighted by atomic mass is 9.92. The SMILES string of the molecule is CCCCCCCCN(C(=O)C(CC(C)C)NC(=O)OC(C)(C)C)C(C(=O)NCC(=O)OC)c1c(C)cccc1C. The Hall–Kier alpha value is -3.10. The third kappa shape index (κ3) is 13.0. The molecule has 9 nitrogen and oxygen atoms in total. The van der Waals surface area contributed by atoms with Crippen molar-refractivity contribution in [1.29, 1.82) is 0 Å². The number of carbonyl (C=O) groups is 4. The minimum Gasteiger partial charge on any atom is -0.468 e. The lowest BCUT2D eigenvalue weighted by Gasteiger charge is -2.36. The van der Waals surface area contributed by atoms with Gasteiger partial charge in [-0.15, -0.1) is 0 Å². The van der Waals surface area contributed by atoms with Gasteiger partial charge in [-0.3, -0.25) is 14.4 Å². The highest BCUT2D eigenvalue weighted by Crippen LogP contribution is 2.30. The van der Waals surface area contributed by atoms with E-state index in [0.717, 1.165) is 43.2 Å². The fraction of sp³-hybridized carbons (Fsp3) is 0.688. The van der Waals surface area contributed by atoms with Crippen LogP contribution in [0.25, 0.3) is 0 Å². The monoisotopic (exact) mass is 575 g/mol. The number of alkyl carbamates (subject to hydrolysis) is 1. The van der Waals surface area contributed by atoms with Crippen molar-refractivity contribution in [2.75, 3.05) is 20.2 Å². The normalized spacial score (nSPS) is 12.8. The van der Waals surface area contributed by atoms with E-state index in [9.17, 15) is 19.2 Å². The van der Waals surface area contributed by atoms with Crippen molar-refractivity contribution in [3.05, 3.63) is 34.9 Å². The number of esters is 1. The fourth-order valence-electron chi connectivity index (χ4n) is 4.79. The van der Waals surface area contributed by atoms with E-state index >= 15 is 0 Å². The molecule has 3 amide bonds. The summed E-state index contributed by atoms with van der Waals surface area (Å²) in [4.78, 5) is 54.5. The summed E-state index contributed by atoms with van der Waals surface area (Å²) in [6, 6.07) is 3.81. The molecule has 0 heterocycles. The van der Waals surface area contributed by atoms with Gasteiger partial charge in [0, 0.05) is 6.54 Å². The van der Waals surface area contributed by atoms with Gasteiger partial charge in [0.15, 0.2) is 0 Å². The van der Waals surface area contributed by atoms with Crippen LogP contribution in [0, 0.1) is 19.8 Å². The molecule has 0 fully saturated rings. The highest BCUT2D eigenvalue weighted by molar-refractivity contribution is 5.93. The van der Waals surface area contributed by atoms with Gasteiger partial charge in [0.1, 0.15) is 24.2 Å². The summed E-state index contributed by atoms with van der Waals surface area (Å²) in [6.45, 7) is 15.2. The predicted molar refractivity (Wildman–Crippen MR) is 161 cm³/mol. The van der Waals surface area contributed by atoms with Gasteiger partial charge in [-0.2, -0.15) is 0 Å². The van der Waals surface area contributed by atoms with Crippen LogP contribution in [0.15, 0.2) is 18.2 Å². The van der Waals surface area contributed by atoms with Crippen LogP contribution >= 0.6 is 0 Å². The number of aryl methyl sites for hydroxylation is 2. The van der Waals surface area contributed by atoms with Gasteiger partial charge in [0.2, 0.25) is 11.8 Å². The number of unbranched alkanes of at least 4 members (excludes halogenated alkanes) is 5. The summed E-state index contributed by atoms with van der Waals surface area (Å²) in [5.74, 6) is -1.34. The quantitative estimate of drug-likeness (QED) is 0.191. The van der Waals surface area contributed by atoms with E-state index in [1.54, 1.807) is 25.7 Å². The number of amides is 3. The van der Waals surface area contributed by atoms with Gasteiger partial charge in [-0.1, -0.05) is 71.1 Å². The Bertz CT molecular complexity index is 981.